The Morgan fingerprint density at radius 2 is 2.21 bits per heavy atom. The van der Waals surface area contributed by atoms with Gasteiger partial charge in [-0.1, -0.05) is 24.3 Å². The smallest absolute Gasteiger partial charge is 0.234 e. The first-order valence-corrected chi connectivity index (χ1v) is 6.23. The van der Waals surface area contributed by atoms with Crippen LogP contribution in [-0.2, 0) is 17.9 Å². The zero-order valence-corrected chi connectivity index (χ0v) is 10.9. The normalized spacial score (nSPS) is 12.3. The van der Waals surface area contributed by atoms with Gasteiger partial charge in [0.25, 0.3) is 0 Å². The fourth-order valence-corrected chi connectivity index (χ4v) is 1.79. The molecule has 19 heavy (non-hydrogen) atoms. The summed E-state index contributed by atoms with van der Waals surface area (Å²) in [6.45, 7) is 3.12. The zero-order chi connectivity index (χ0) is 13.7. The third kappa shape index (κ3) is 3.93. The van der Waals surface area contributed by atoms with Gasteiger partial charge in [0, 0.05) is 18.9 Å². The van der Waals surface area contributed by atoms with E-state index in [9.17, 15) is 4.79 Å². The lowest BCUT2D eigenvalue weighted by atomic mass is 10.1. The Kier molecular flexibility index (Phi) is 4.30. The highest BCUT2D eigenvalue weighted by atomic mass is 16.1. The minimum atomic E-state index is -0.340. The molecule has 100 valence electrons. The number of nitrogens with two attached hydrogens (primary N) is 1. The minimum Gasteiger partial charge on any atom is -0.368 e. The van der Waals surface area contributed by atoms with Gasteiger partial charge in [-0.15, -0.1) is 0 Å². The summed E-state index contributed by atoms with van der Waals surface area (Å²) in [6.07, 6.45) is 3.69. The fraction of sp³-hybridized carbons (Fsp3) is 0.286. The van der Waals surface area contributed by atoms with Crippen LogP contribution in [0, 0.1) is 0 Å². The highest BCUT2D eigenvalue weighted by molar-refractivity contribution is 5.79. The topological polar surface area (TPSA) is 72.9 Å². The van der Waals surface area contributed by atoms with Crippen LogP contribution in [-0.4, -0.2) is 21.7 Å². The van der Waals surface area contributed by atoms with E-state index in [0.29, 0.717) is 6.54 Å². The predicted octanol–water partition coefficient (Wildman–Crippen LogP) is 0.895. The van der Waals surface area contributed by atoms with Crippen LogP contribution >= 0.6 is 0 Å². The molecule has 5 nitrogen and oxygen atoms in total. The summed E-state index contributed by atoms with van der Waals surface area (Å²) >= 11 is 0. The van der Waals surface area contributed by atoms with Gasteiger partial charge in [-0.3, -0.25) is 9.48 Å². The number of amides is 1. The van der Waals surface area contributed by atoms with Crippen LogP contribution in [0.3, 0.4) is 0 Å². The molecule has 0 radical (unpaired) electrons. The maximum atomic E-state index is 10.9. The van der Waals surface area contributed by atoms with Gasteiger partial charge in [-0.25, -0.2) is 0 Å². The Labute approximate surface area is 112 Å². The number of nitrogens with zero attached hydrogens (tertiary/aromatic N) is 2. The highest BCUT2D eigenvalue weighted by Crippen LogP contribution is 2.07. The lowest BCUT2D eigenvalue weighted by Crippen LogP contribution is -2.38. The van der Waals surface area contributed by atoms with Gasteiger partial charge in [0.2, 0.25) is 5.91 Å². The maximum absolute atomic E-state index is 10.9. The van der Waals surface area contributed by atoms with Crippen LogP contribution in [0.25, 0.3) is 0 Å². The van der Waals surface area contributed by atoms with Gasteiger partial charge in [0.05, 0.1) is 12.6 Å². The van der Waals surface area contributed by atoms with E-state index in [0.717, 1.165) is 12.1 Å². The molecular weight excluding hydrogens is 240 g/mol. The summed E-state index contributed by atoms with van der Waals surface area (Å²) in [5.74, 6) is -0.340. The fourth-order valence-electron chi connectivity index (χ4n) is 1.79. The summed E-state index contributed by atoms with van der Waals surface area (Å²) < 4.78 is 1.87. The van der Waals surface area contributed by atoms with Crippen LogP contribution in [0.15, 0.2) is 42.7 Å². The molecule has 0 spiro atoms. The van der Waals surface area contributed by atoms with Crippen molar-refractivity contribution in [3.05, 3.63) is 53.9 Å². The monoisotopic (exact) mass is 258 g/mol. The van der Waals surface area contributed by atoms with Crippen molar-refractivity contribution in [2.45, 2.75) is 26.1 Å². The number of carbonyl (C=O) groups excluding carboxylic acids is 1. The SMILES string of the molecule is C[C@H](NCc1cccc(Cn2cccn2)c1)C(N)=O. The zero-order valence-electron chi connectivity index (χ0n) is 10.9. The van der Waals surface area contributed by atoms with Crippen LogP contribution in [0.4, 0.5) is 0 Å². The average molecular weight is 258 g/mol. The van der Waals surface area contributed by atoms with E-state index in [2.05, 4.69) is 22.5 Å². The molecule has 0 saturated carbocycles. The summed E-state index contributed by atoms with van der Waals surface area (Å²) in [5.41, 5.74) is 7.51. The van der Waals surface area contributed by atoms with E-state index in [1.54, 1.807) is 13.1 Å². The molecule has 0 bridgehead atoms. The Bertz CT molecular complexity index is 536. The second-order valence-electron chi connectivity index (χ2n) is 4.53. The van der Waals surface area contributed by atoms with E-state index < -0.39 is 0 Å². The number of benzene rings is 1. The largest absolute Gasteiger partial charge is 0.368 e. The van der Waals surface area contributed by atoms with Crippen molar-refractivity contribution in [2.24, 2.45) is 5.73 Å². The molecule has 2 rings (SSSR count). The second kappa shape index (κ2) is 6.15. The summed E-state index contributed by atoms with van der Waals surface area (Å²) in [7, 11) is 0. The molecular formula is C14H18N4O. The van der Waals surface area contributed by atoms with E-state index in [-0.39, 0.29) is 11.9 Å². The first-order valence-electron chi connectivity index (χ1n) is 6.23. The standard InChI is InChI=1S/C14H18N4O/c1-11(14(15)19)16-9-12-4-2-5-13(8-12)10-18-7-3-6-17-18/h2-8,11,16H,9-10H2,1H3,(H2,15,19)/t11-/m0/s1. The third-order valence-electron chi connectivity index (χ3n) is 2.93. The lowest BCUT2D eigenvalue weighted by Gasteiger charge is -2.11. The molecule has 1 heterocycles. The Balaban J connectivity index is 1.97. The number of primary amides is 1. The molecule has 5 heteroatoms. The number of carbonyl (C=O) groups is 1. The second-order valence-corrected chi connectivity index (χ2v) is 4.53. The van der Waals surface area contributed by atoms with Crippen molar-refractivity contribution in [3.63, 3.8) is 0 Å². The Morgan fingerprint density at radius 1 is 1.42 bits per heavy atom. The van der Waals surface area contributed by atoms with Gasteiger partial charge < -0.3 is 11.1 Å². The van der Waals surface area contributed by atoms with Crippen LogP contribution in [0.2, 0.25) is 0 Å². The Hall–Kier alpha value is -2.14. The quantitative estimate of drug-likeness (QED) is 0.808. The van der Waals surface area contributed by atoms with E-state index >= 15 is 0 Å². The van der Waals surface area contributed by atoms with Crippen LogP contribution < -0.4 is 11.1 Å². The number of aromatic nitrogens is 2. The van der Waals surface area contributed by atoms with Crippen molar-refractivity contribution in [2.75, 3.05) is 0 Å². The van der Waals surface area contributed by atoms with Gasteiger partial charge in [0.15, 0.2) is 0 Å². The van der Waals surface area contributed by atoms with Crippen LogP contribution in [0.5, 0.6) is 0 Å². The van der Waals surface area contributed by atoms with E-state index in [1.165, 1.54) is 5.56 Å². The first kappa shape index (κ1) is 13.3. The number of hydrogen-bond acceptors (Lipinski definition) is 3. The highest BCUT2D eigenvalue weighted by Gasteiger charge is 2.07. The molecule has 2 aromatic rings. The van der Waals surface area contributed by atoms with Crippen molar-refractivity contribution < 1.29 is 4.79 Å². The third-order valence-corrected chi connectivity index (χ3v) is 2.93. The van der Waals surface area contributed by atoms with E-state index in [4.69, 9.17) is 5.73 Å². The van der Waals surface area contributed by atoms with Crippen molar-refractivity contribution in [1.29, 1.82) is 0 Å². The van der Waals surface area contributed by atoms with Crippen molar-refractivity contribution in [1.82, 2.24) is 15.1 Å². The summed E-state index contributed by atoms with van der Waals surface area (Å²) in [4.78, 5) is 10.9. The minimum absolute atomic E-state index is 0.324. The molecule has 0 saturated heterocycles. The molecule has 0 aliphatic rings. The summed E-state index contributed by atoms with van der Waals surface area (Å²) in [6, 6.07) is 9.76. The number of hydrogen-bond donors (Lipinski definition) is 2. The molecule has 0 aliphatic carbocycles. The Morgan fingerprint density at radius 3 is 2.89 bits per heavy atom. The molecule has 1 amide bonds. The molecule has 0 unspecified atom stereocenters. The molecule has 0 fully saturated rings. The molecule has 1 aromatic carbocycles. The van der Waals surface area contributed by atoms with Gasteiger partial charge in [0.1, 0.15) is 0 Å². The van der Waals surface area contributed by atoms with E-state index in [1.807, 2.05) is 29.1 Å². The predicted molar refractivity (Wildman–Crippen MR) is 73.3 cm³/mol. The molecule has 1 atom stereocenters. The average Bonchev–Trinajstić information content (AvgIpc) is 2.89. The van der Waals surface area contributed by atoms with Crippen molar-refractivity contribution in [3.8, 4) is 0 Å². The van der Waals surface area contributed by atoms with Crippen molar-refractivity contribution >= 4 is 5.91 Å². The van der Waals surface area contributed by atoms with Gasteiger partial charge in [-0.05, 0) is 24.1 Å². The number of nitrogens with one attached hydrogen (secondary N) is 1. The summed E-state index contributed by atoms with van der Waals surface area (Å²) in [5, 5.41) is 7.27. The van der Waals surface area contributed by atoms with Crippen LogP contribution in [0.1, 0.15) is 18.1 Å². The molecule has 0 aliphatic heterocycles. The number of rotatable bonds is 6. The maximum Gasteiger partial charge on any atom is 0.234 e. The van der Waals surface area contributed by atoms with Gasteiger partial charge >= 0.3 is 0 Å². The van der Waals surface area contributed by atoms with Gasteiger partial charge in [-0.2, -0.15) is 5.10 Å². The lowest BCUT2D eigenvalue weighted by molar-refractivity contribution is -0.119. The first-order chi connectivity index (χ1) is 9.15. The molecule has 1 aromatic heterocycles. The molecule has 3 N–H and O–H groups in total.